The molecule has 1 heteroatoms. The van der Waals surface area contributed by atoms with Crippen molar-refractivity contribution < 1.29 is 0 Å². The lowest BCUT2D eigenvalue weighted by Gasteiger charge is -2.18. The Morgan fingerprint density at radius 2 is 1.16 bits per heavy atom. The van der Waals surface area contributed by atoms with Gasteiger partial charge in [-0.1, -0.05) is 59.7 Å². The molecule has 0 aliphatic carbocycles. The van der Waals surface area contributed by atoms with E-state index in [9.17, 15) is 0 Å². The normalized spacial score (nSPS) is 14.1. The SMILES string of the molecule is Cc1cccc(C(C)SC(C)c2cccc(C)c2)c1. The van der Waals surface area contributed by atoms with E-state index in [0.717, 1.165) is 0 Å². The Bertz CT molecular complexity index is 495. The second-order valence-corrected chi connectivity index (χ2v) is 6.94. The molecule has 100 valence electrons. The highest BCUT2D eigenvalue weighted by atomic mass is 32.2. The second kappa shape index (κ2) is 6.29. The standard InChI is InChI=1S/C18H22S/c1-13-7-5-9-17(11-13)15(3)19-16(4)18-10-6-8-14(2)12-18/h5-12,15-16H,1-4H3. The van der Waals surface area contributed by atoms with E-state index in [-0.39, 0.29) is 0 Å². The number of thioether (sulfide) groups is 1. The molecule has 2 rings (SSSR count). The number of rotatable bonds is 4. The Morgan fingerprint density at radius 3 is 1.53 bits per heavy atom. The van der Waals surface area contributed by atoms with Crippen LogP contribution >= 0.6 is 11.8 Å². The van der Waals surface area contributed by atoms with Crippen molar-refractivity contribution in [2.24, 2.45) is 0 Å². The molecule has 0 amide bonds. The van der Waals surface area contributed by atoms with Crippen LogP contribution in [0, 0.1) is 13.8 Å². The first-order chi connectivity index (χ1) is 9.06. The van der Waals surface area contributed by atoms with Gasteiger partial charge in [-0.25, -0.2) is 0 Å². The minimum Gasteiger partial charge on any atom is -0.146 e. The van der Waals surface area contributed by atoms with E-state index in [1.165, 1.54) is 22.3 Å². The zero-order valence-corrected chi connectivity index (χ0v) is 13.0. The van der Waals surface area contributed by atoms with E-state index in [1.807, 2.05) is 11.8 Å². The molecular formula is C18H22S. The molecule has 0 saturated carbocycles. The fourth-order valence-corrected chi connectivity index (χ4v) is 3.53. The summed E-state index contributed by atoms with van der Waals surface area (Å²) in [5.74, 6) is 0. The number of aryl methyl sites for hydroxylation is 2. The molecule has 0 bridgehead atoms. The molecule has 0 spiro atoms. The number of hydrogen-bond donors (Lipinski definition) is 0. The van der Waals surface area contributed by atoms with Gasteiger partial charge >= 0.3 is 0 Å². The summed E-state index contributed by atoms with van der Waals surface area (Å²) >= 11 is 2.02. The van der Waals surface area contributed by atoms with Gasteiger partial charge in [0.25, 0.3) is 0 Å². The smallest absolute Gasteiger partial charge is 0.0275 e. The van der Waals surface area contributed by atoms with Gasteiger partial charge in [0.1, 0.15) is 0 Å². The molecule has 0 saturated heterocycles. The van der Waals surface area contributed by atoms with Crippen molar-refractivity contribution in [3.63, 3.8) is 0 Å². The molecule has 2 atom stereocenters. The van der Waals surface area contributed by atoms with Gasteiger partial charge in [-0.2, -0.15) is 0 Å². The number of benzene rings is 2. The van der Waals surface area contributed by atoms with E-state index in [0.29, 0.717) is 10.5 Å². The second-order valence-electron chi connectivity index (χ2n) is 5.25. The van der Waals surface area contributed by atoms with Crippen molar-refractivity contribution in [1.82, 2.24) is 0 Å². The molecule has 19 heavy (non-hydrogen) atoms. The van der Waals surface area contributed by atoms with Crippen LogP contribution in [0.4, 0.5) is 0 Å². The summed E-state index contributed by atoms with van der Waals surface area (Å²) in [5, 5.41) is 1.05. The van der Waals surface area contributed by atoms with Crippen LogP contribution in [0.25, 0.3) is 0 Å². The fraction of sp³-hybridized carbons (Fsp3) is 0.333. The van der Waals surface area contributed by atoms with Crippen molar-refractivity contribution in [1.29, 1.82) is 0 Å². The highest BCUT2D eigenvalue weighted by Gasteiger charge is 2.13. The molecule has 0 radical (unpaired) electrons. The van der Waals surface area contributed by atoms with E-state index < -0.39 is 0 Å². The van der Waals surface area contributed by atoms with Crippen LogP contribution in [0.15, 0.2) is 48.5 Å². The van der Waals surface area contributed by atoms with Gasteiger partial charge in [-0.05, 0) is 38.8 Å². The minimum absolute atomic E-state index is 0.524. The summed E-state index contributed by atoms with van der Waals surface area (Å²) in [5.41, 5.74) is 5.52. The Kier molecular flexibility index (Phi) is 4.71. The van der Waals surface area contributed by atoms with Gasteiger partial charge in [0.2, 0.25) is 0 Å². The third kappa shape index (κ3) is 3.87. The van der Waals surface area contributed by atoms with Gasteiger partial charge in [0.05, 0.1) is 0 Å². The summed E-state index contributed by atoms with van der Waals surface area (Å²) in [7, 11) is 0. The zero-order valence-electron chi connectivity index (χ0n) is 12.2. The van der Waals surface area contributed by atoms with E-state index in [1.54, 1.807) is 0 Å². The van der Waals surface area contributed by atoms with Crippen molar-refractivity contribution in [3.05, 3.63) is 70.8 Å². The summed E-state index contributed by atoms with van der Waals surface area (Å²) in [4.78, 5) is 0. The Morgan fingerprint density at radius 1 is 0.737 bits per heavy atom. The fourth-order valence-electron chi connectivity index (χ4n) is 2.31. The van der Waals surface area contributed by atoms with Crippen LogP contribution in [-0.2, 0) is 0 Å². The summed E-state index contributed by atoms with van der Waals surface area (Å²) in [6.07, 6.45) is 0. The van der Waals surface area contributed by atoms with Crippen LogP contribution in [0.2, 0.25) is 0 Å². The Hall–Kier alpha value is -1.21. The average Bonchev–Trinajstić information content (AvgIpc) is 2.38. The predicted octanol–water partition coefficient (Wildman–Crippen LogP) is 5.86. The molecule has 0 aliphatic heterocycles. The summed E-state index contributed by atoms with van der Waals surface area (Å²) in [6.45, 7) is 8.91. The molecular weight excluding hydrogens is 248 g/mol. The van der Waals surface area contributed by atoms with E-state index in [2.05, 4.69) is 76.2 Å². The van der Waals surface area contributed by atoms with Crippen LogP contribution < -0.4 is 0 Å². The lowest BCUT2D eigenvalue weighted by Crippen LogP contribution is -1.95. The molecule has 0 fully saturated rings. The lowest BCUT2D eigenvalue weighted by atomic mass is 10.1. The Balaban J connectivity index is 2.08. The van der Waals surface area contributed by atoms with Gasteiger partial charge in [-0.3, -0.25) is 0 Å². The van der Waals surface area contributed by atoms with Gasteiger partial charge in [-0.15, -0.1) is 11.8 Å². The predicted molar refractivity (Wildman–Crippen MR) is 86.8 cm³/mol. The highest BCUT2D eigenvalue weighted by molar-refractivity contribution is 7.99. The van der Waals surface area contributed by atoms with Gasteiger partial charge in [0.15, 0.2) is 0 Å². The molecule has 0 nitrogen and oxygen atoms in total. The average molecular weight is 270 g/mol. The lowest BCUT2D eigenvalue weighted by molar-refractivity contribution is 1.03. The molecule has 0 aliphatic rings. The maximum Gasteiger partial charge on any atom is 0.0275 e. The van der Waals surface area contributed by atoms with E-state index in [4.69, 9.17) is 0 Å². The van der Waals surface area contributed by atoms with Crippen molar-refractivity contribution in [3.8, 4) is 0 Å². The van der Waals surface area contributed by atoms with Crippen molar-refractivity contribution >= 4 is 11.8 Å². The van der Waals surface area contributed by atoms with Crippen molar-refractivity contribution in [2.75, 3.05) is 0 Å². The van der Waals surface area contributed by atoms with Crippen LogP contribution in [0.5, 0.6) is 0 Å². The largest absolute Gasteiger partial charge is 0.146 e. The first kappa shape index (κ1) is 14.2. The van der Waals surface area contributed by atoms with Crippen LogP contribution in [-0.4, -0.2) is 0 Å². The van der Waals surface area contributed by atoms with Crippen LogP contribution in [0.1, 0.15) is 46.6 Å². The zero-order chi connectivity index (χ0) is 13.8. The molecule has 2 aromatic carbocycles. The number of hydrogen-bond acceptors (Lipinski definition) is 1. The molecule has 0 aromatic heterocycles. The van der Waals surface area contributed by atoms with Gasteiger partial charge < -0.3 is 0 Å². The maximum atomic E-state index is 2.30. The van der Waals surface area contributed by atoms with E-state index >= 15 is 0 Å². The first-order valence-electron chi connectivity index (χ1n) is 6.85. The third-order valence-corrected chi connectivity index (χ3v) is 4.79. The first-order valence-corrected chi connectivity index (χ1v) is 7.79. The van der Waals surface area contributed by atoms with Crippen molar-refractivity contribution in [2.45, 2.75) is 38.2 Å². The van der Waals surface area contributed by atoms with Crippen LogP contribution in [0.3, 0.4) is 0 Å². The Labute approximate surface area is 121 Å². The highest BCUT2D eigenvalue weighted by Crippen LogP contribution is 2.40. The monoisotopic (exact) mass is 270 g/mol. The summed E-state index contributed by atoms with van der Waals surface area (Å²) in [6, 6.07) is 17.7. The minimum atomic E-state index is 0.524. The topological polar surface area (TPSA) is 0 Å². The van der Waals surface area contributed by atoms with Gasteiger partial charge in [0, 0.05) is 10.5 Å². The summed E-state index contributed by atoms with van der Waals surface area (Å²) < 4.78 is 0. The molecule has 0 heterocycles. The molecule has 0 N–H and O–H groups in total. The molecule has 2 unspecified atom stereocenters. The third-order valence-electron chi connectivity index (χ3n) is 3.43. The maximum absolute atomic E-state index is 2.30. The molecule has 2 aromatic rings. The quantitative estimate of drug-likeness (QED) is 0.670.